The summed E-state index contributed by atoms with van der Waals surface area (Å²) in [4.78, 5) is 22.7. The SMILES string of the molecule is O=C(NC1CCN(c2nc3c(F)cccc3s2)CC1)c1ccncc1. The van der Waals surface area contributed by atoms with Crippen molar-refractivity contribution in [3.05, 3.63) is 54.1 Å². The molecule has 4 rings (SSSR count). The first-order valence-electron chi connectivity index (χ1n) is 8.21. The number of fused-ring (bicyclic) bond motifs is 1. The number of rotatable bonds is 3. The molecule has 0 atom stereocenters. The average molecular weight is 356 g/mol. The van der Waals surface area contributed by atoms with E-state index in [9.17, 15) is 9.18 Å². The number of carbonyl (C=O) groups is 1. The Balaban J connectivity index is 1.39. The fraction of sp³-hybridized carbons (Fsp3) is 0.278. The number of hydrogen-bond acceptors (Lipinski definition) is 5. The monoisotopic (exact) mass is 356 g/mol. The van der Waals surface area contributed by atoms with E-state index < -0.39 is 0 Å². The van der Waals surface area contributed by atoms with Gasteiger partial charge in [0.25, 0.3) is 5.91 Å². The van der Waals surface area contributed by atoms with Crippen LogP contribution in [0.1, 0.15) is 23.2 Å². The zero-order valence-electron chi connectivity index (χ0n) is 13.5. The zero-order chi connectivity index (χ0) is 17.2. The quantitative estimate of drug-likeness (QED) is 0.783. The number of thiazole rings is 1. The molecule has 3 aromatic rings. The number of anilines is 1. The van der Waals surface area contributed by atoms with Gasteiger partial charge >= 0.3 is 0 Å². The van der Waals surface area contributed by atoms with Gasteiger partial charge in [-0.25, -0.2) is 9.37 Å². The van der Waals surface area contributed by atoms with Crippen LogP contribution < -0.4 is 10.2 Å². The number of halogens is 1. The second-order valence-corrected chi connectivity index (χ2v) is 7.06. The Morgan fingerprint density at radius 2 is 1.96 bits per heavy atom. The Kier molecular flexibility index (Phi) is 4.31. The molecule has 2 aromatic heterocycles. The second kappa shape index (κ2) is 6.76. The van der Waals surface area contributed by atoms with E-state index in [1.807, 2.05) is 6.07 Å². The summed E-state index contributed by atoms with van der Waals surface area (Å²) in [6.07, 6.45) is 4.91. The van der Waals surface area contributed by atoms with Crippen LogP contribution in [0.2, 0.25) is 0 Å². The number of para-hydroxylation sites is 1. The highest BCUT2D eigenvalue weighted by molar-refractivity contribution is 7.22. The van der Waals surface area contributed by atoms with E-state index in [0.29, 0.717) is 11.1 Å². The second-order valence-electron chi connectivity index (χ2n) is 6.05. The maximum absolute atomic E-state index is 13.8. The number of nitrogens with zero attached hydrogens (tertiary/aromatic N) is 3. The van der Waals surface area contributed by atoms with Gasteiger partial charge in [0.15, 0.2) is 5.13 Å². The summed E-state index contributed by atoms with van der Waals surface area (Å²) in [5.41, 5.74) is 1.06. The van der Waals surface area contributed by atoms with Crippen molar-refractivity contribution in [3.8, 4) is 0 Å². The van der Waals surface area contributed by atoms with E-state index in [2.05, 4.69) is 20.2 Å². The van der Waals surface area contributed by atoms with Gasteiger partial charge in [-0.05, 0) is 37.1 Å². The normalized spacial score (nSPS) is 15.5. The number of pyridine rings is 1. The summed E-state index contributed by atoms with van der Waals surface area (Å²) in [5, 5.41) is 3.92. The molecule has 0 radical (unpaired) electrons. The van der Waals surface area contributed by atoms with Gasteiger partial charge in [-0.3, -0.25) is 9.78 Å². The number of amides is 1. The number of benzene rings is 1. The molecule has 0 aliphatic carbocycles. The molecule has 7 heteroatoms. The molecular formula is C18H17FN4OS. The van der Waals surface area contributed by atoms with Gasteiger partial charge in [-0.15, -0.1) is 0 Å². The summed E-state index contributed by atoms with van der Waals surface area (Å²) in [6, 6.07) is 8.59. The third-order valence-corrected chi connectivity index (χ3v) is 5.48. The van der Waals surface area contributed by atoms with Crippen molar-refractivity contribution in [3.63, 3.8) is 0 Å². The molecule has 1 amide bonds. The average Bonchev–Trinajstić information content (AvgIpc) is 3.09. The lowest BCUT2D eigenvalue weighted by Gasteiger charge is -2.32. The molecule has 1 N–H and O–H groups in total. The van der Waals surface area contributed by atoms with Crippen molar-refractivity contribution in [1.29, 1.82) is 0 Å². The highest BCUT2D eigenvalue weighted by Crippen LogP contribution is 2.31. The molecule has 1 fully saturated rings. The molecule has 0 spiro atoms. The van der Waals surface area contributed by atoms with Crippen LogP contribution >= 0.6 is 11.3 Å². The van der Waals surface area contributed by atoms with Crippen LogP contribution in [-0.2, 0) is 0 Å². The summed E-state index contributed by atoms with van der Waals surface area (Å²) < 4.78 is 14.7. The predicted molar refractivity (Wildman–Crippen MR) is 96.5 cm³/mol. The Morgan fingerprint density at radius 3 is 2.68 bits per heavy atom. The van der Waals surface area contributed by atoms with Crippen molar-refractivity contribution < 1.29 is 9.18 Å². The van der Waals surface area contributed by atoms with Gasteiger partial charge in [-0.1, -0.05) is 17.4 Å². The van der Waals surface area contributed by atoms with Crippen LogP contribution in [0, 0.1) is 5.82 Å². The van der Waals surface area contributed by atoms with Crippen molar-refractivity contribution in [2.75, 3.05) is 18.0 Å². The Morgan fingerprint density at radius 1 is 1.20 bits per heavy atom. The molecule has 0 unspecified atom stereocenters. The number of hydrogen-bond donors (Lipinski definition) is 1. The third kappa shape index (κ3) is 3.32. The molecule has 5 nitrogen and oxygen atoms in total. The van der Waals surface area contributed by atoms with Crippen LogP contribution in [0.3, 0.4) is 0 Å². The molecule has 0 saturated carbocycles. The number of nitrogens with one attached hydrogen (secondary N) is 1. The van der Waals surface area contributed by atoms with E-state index in [0.717, 1.165) is 35.8 Å². The Bertz CT molecular complexity index is 890. The van der Waals surface area contributed by atoms with Crippen molar-refractivity contribution >= 4 is 32.6 Å². The third-order valence-electron chi connectivity index (χ3n) is 4.40. The lowest BCUT2D eigenvalue weighted by Crippen LogP contribution is -2.44. The van der Waals surface area contributed by atoms with Crippen LogP contribution in [-0.4, -0.2) is 35.0 Å². The molecule has 1 aromatic carbocycles. The Hall–Kier alpha value is -2.54. The molecule has 1 aliphatic heterocycles. The predicted octanol–water partition coefficient (Wildman–Crippen LogP) is 3.23. The summed E-state index contributed by atoms with van der Waals surface area (Å²) in [5.74, 6) is -0.345. The highest BCUT2D eigenvalue weighted by Gasteiger charge is 2.23. The zero-order valence-corrected chi connectivity index (χ0v) is 14.3. The van der Waals surface area contributed by atoms with E-state index in [-0.39, 0.29) is 17.8 Å². The largest absolute Gasteiger partial charge is 0.349 e. The fourth-order valence-corrected chi connectivity index (χ4v) is 4.06. The van der Waals surface area contributed by atoms with E-state index in [1.165, 1.54) is 17.4 Å². The minimum absolute atomic E-state index is 0.0668. The topological polar surface area (TPSA) is 58.1 Å². The highest BCUT2D eigenvalue weighted by atomic mass is 32.1. The molecular weight excluding hydrogens is 339 g/mol. The molecule has 1 aliphatic rings. The van der Waals surface area contributed by atoms with Crippen LogP contribution in [0.5, 0.6) is 0 Å². The molecule has 1 saturated heterocycles. The van der Waals surface area contributed by atoms with Crippen molar-refractivity contribution in [1.82, 2.24) is 15.3 Å². The van der Waals surface area contributed by atoms with Crippen LogP contribution in [0.25, 0.3) is 10.2 Å². The van der Waals surface area contributed by atoms with Crippen molar-refractivity contribution in [2.45, 2.75) is 18.9 Å². The molecule has 0 bridgehead atoms. The first-order valence-corrected chi connectivity index (χ1v) is 9.03. The van der Waals surface area contributed by atoms with E-state index in [4.69, 9.17) is 0 Å². The van der Waals surface area contributed by atoms with Gasteiger partial charge in [0.2, 0.25) is 0 Å². The lowest BCUT2D eigenvalue weighted by atomic mass is 10.0. The first kappa shape index (κ1) is 16.0. The summed E-state index contributed by atoms with van der Waals surface area (Å²) in [6.45, 7) is 1.59. The number of piperidine rings is 1. The number of aromatic nitrogens is 2. The maximum Gasteiger partial charge on any atom is 0.251 e. The van der Waals surface area contributed by atoms with Crippen LogP contribution in [0.4, 0.5) is 9.52 Å². The van der Waals surface area contributed by atoms with E-state index in [1.54, 1.807) is 30.6 Å². The molecule has 3 heterocycles. The minimum atomic E-state index is -0.278. The Labute approximate surface area is 148 Å². The molecule has 25 heavy (non-hydrogen) atoms. The van der Waals surface area contributed by atoms with Gasteiger partial charge in [0, 0.05) is 37.1 Å². The van der Waals surface area contributed by atoms with Gasteiger partial charge in [0.1, 0.15) is 11.3 Å². The van der Waals surface area contributed by atoms with Crippen LogP contribution in [0.15, 0.2) is 42.7 Å². The fourth-order valence-electron chi connectivity index (χ4n) is 3.03. The van der Waals surface area contributed by atoms with E-state index >= 15 is 0 Å². The number of carbonyl (C=O) groups excluding carboxylic acids is 1. The standard InChI is InChI=1S/C18H17FN4OS/c19-14-2-1-3-15-16(14)22-18(25-15)23-10-6-13(7-11-23)21-17(24)12-4-8-20-9-5-12/h1-5,8-9,13H,6-7,10-11H2,(H,21,24). The van der Waals surface area contributed by atoms with Crippen molar-refractivity contribution in [2.24, 2.45) is 0 Å². The minimum Gasteiger partial charge on any atom is -0.349 e. The van der Waals surface area contributed by atoms with Gasteiger partial charge < -0.3 is 10.2 Å². The van der Waals surface area contributed by atoms with Gasteiger partial charge in [0.05, 0.1) is 4.70 Å². The maximum atomic E-state index is 13.8. The lowest BCUT2D eigenvalue weighted by molar-refractivity contribution is 0.0931. The van der Waals surface area contributed by atoms with Gasteiger partial charge in [-0.2, -0.15) is 0 Å². The first-order chi connectivity index (χ1) is 12.2. The summed E-state index contributed by atoms with van der Waals surface area (Å²) >= 11 is 1.51. The smallest absolute Gasteiger partial charge is 0.251 e. The summed E-state index contributed by atoms with van der Waals surface area (Å²) in [7, 11) is 0. The molecule has 128 valence electrons.